The summed E-state index contributed by atoms with van der Waals surface area (Å²) in [5.41, 5.74) is 1.02. The molecule has 2 amide bonds. The van der Waals surface area contributed by atoms with Crippen molar-refractivity contribution in [3.8, 4) is 0 Å². The highest BCUT2D eigenvalue weighted by Crippen LogP contribution is 2.14. The molecule has 22 heavy (non-hydrogen) atoms. The largest absolute Gasteiger partial charge is 0.339 e. The molecule has 2 heterocycles. The van der Waals surface area contributed by atoms with E-state index in [-0.39, 0.29) is 11.8 Å². The molecule has 120 valence electrons. The molecule has 0 atom stereocenters. The minimum atomic E-state index is -0.0349. The normalized spacial score (nSPS) is 14.2. The fourth-order valence-corrected chi connectivity index (χ4v) is 2.81. The fourth-order valence-electron chi connectivity index (χ4n) is 2.81. The molecular formula is C17H25N3O2. The molecule has 0 saturated carbocycles. The average molecular weight is 303 g/mol. The quantitative estimate of drug-likeness (QED) is 0.811. The Balaban J connectivity index is 2.15. The van der Waals surface area contributed by atoms with Crippen molar-refractivity contribution in [3.05, 3.63) is 29.6 Å². The maximum absolute atomic E-state index is 12.6. The fraction of sp³-hybridized carbons (Fsp3) is 0.588. The van der Waals surface area contributed by atoms with Crippen LogP contribution in [0.15, 0.2) is 18.5 Å². The molecule has 5 nitrogen and oxygen atoms in total. The Labute approximate surface area is 132 Å². The van der Waals surface area contributed by atoms with E-state index < -0.39 is 0 Å². The third-order valence-electron chi connectivity index (χ3n) is 3.90. The summed E-state index contributed by atoms with van der Waals surface area (Å²) in [7, 11) is 0. The highest BCUT2D eigenvalue weighted by molar-refractivity contribution is 5.99. The second kappa shape index (κ2) is 7.92. The molecule has 1 aliphatic heterocycles. The van der Waals surface area contributed by atoms with Crippen molar-refractivity contribution in [2.45, 2.75) is 39.5 Å². The minimum Gasteiger partial charge on any atom is -0.339 e. The van der Waals surface area contributed by atoms with Gasteiger partial charge in [-0.05, 0) is 31.7 Å². The first-order chi connectivity index (χ1) is 10.7. The molecule has 1 aromatic heterocycles. The molecule has 1 saturated heterocycles. The Kier molecular flexibility index (Phi) is 5.92. The van der Waals surface area contributed by atoms with E-state index in [9.17, 15) is 9.59 Å². The lowest BCUT2D eigenvalue weighted by molar-refractivity contribution is 0.0755. The number of likely N-dealkylation sites (tertiary alicyclic amines) is 1. The number of carbonyl (C=O) groups is 2. The maximum Gasteiger partial charge on any atom is 0.255 e. The average Bonchev–Trinajstić information content (AvgIpc) is 3.08. The molecule has 0 unspecified atom stereocenters. The van der Waals surface area contributed by atoms with Gasteiger partial charge in [-0.2, -0.15) is 0 Å². The lowest BCUT2D eigenvalue weighted by Crippen LogP contribution is -2.33. The van der Waals surface area contributed by atoms with Crippen LogP contribution < -0.4 is 0 Å². The molecule has 1 aromatic rings. The maximum atomic E-state index is 12.6. The van der Waals surface area contributed by atoms with E-state index in [1.165, 1.54) is 0 Å². The monoisotopic (exact) mass is 303 g/mol. The lowest BCUT2D eigenvalue weighted by atomic mass is 10.1. The molecular weight excluding hydrogens is 278 g/mol. The van der Waals surface area contributed by atoms with Crippen LogP contribution in [0.4, 0.5) is 0 Å². The highest BCUT2D eigenvalue weighted by atomic mass is 16.2. The van der Waals surface area contributed by atoms with Crippen molar-refractivity contribution in [1.29, 1.82) is 0 Å². The molecule has 1 aliphatic rings. The summed E-state index contributed by atoms with van der Waals surface area (Å²) >= 11 is 0. The van der Waals surface area contributed by atoms with E-state index in [2.05, 4.69) is 18.8 Å². The first kappa shape index (κ1) is 16.5. The van der Waals surface area contributed by atoms with Gasteiger partial charge in [-0.1, -0.05) is 13.8 Å². The predicted molar refractivity (Wildman–Crippen MR) is 85.9 cm³/mol. The number of aromatic nitrogens is 1. The molecule has 0 bridgehead atoms. The Morgan fingerprint density at radius 2 is 1.68 bits per heavy atom. The van der Waals surface area contributed by atoms with E-state index in [1.807, 2.05) is 9.80 Å². The third-order valence-corrected chi connectivity index (χ3v) is 3.90. The Morgan fingerprint density at radius 3 is 2.27 bits per heavy atom. The number of pyridine rings is 1. The Morgan fingerprint density at radius 1 is 1.09 bits per heavy atom. The minimum absolute atomic E-state index is 0.0165. The topological polar surface area (TPSA) is 53.5 Å². The van der Waals surface area contributed by atoms with E-state index >= 15 is 0 Å². The number of amides is 2. The van der Waals surface area contributed by atoms with Crippen molar-refractivity contribution in [2.75, 3.05) is 26.2 Å². The summed E-state index contributed by atoms with van der Waals surface area (Å²) in [6.07, 6.45) is 7.07. The van der Waals surface area contributed by atoms with E-state index in [0.29, 0.717) is 11.1 Å². The first-order valence-corrected chi connectivity index (χ1v) is 8.21. The van der Waals surface area contributed by atoms with Crippen molar-refractivity contribution < 1.29 is 9.59 Å². The third kappa shape index (κ3) is 3.84. The SMILES string of the molecule is CCCN(CCC)C(=O)c1cncc(C(=O)N2CCCC2)c1. The van der Waals surface area contributed by atoms with E-state index in [0.717, 1.165) is 51.9 Å². The number of hydrogen-bond acceptors (Lipinski definition) is 3. The molecule has 0 N–H and O–H groups in total. The molecule has 0 aliphatic carbocycles. The van der Waals surface area contributed by atoms with Crippen LogP contribution in [-0.2, 0) is 0 Å². The zero-order chi connectivity index (χ0) is 15.9. The van der Waals surface area contributed by atoms with Crippen LogP contribution in [0.5, 0.6) is 0 Å². The molecule has 0 aromatic carbocycles. The van der Waals surface area contributed by atoms with E-state index in [1.54, 1.807) is 18.5 Å². The van der Waals surface area contributed by atoms with Gasteiger partial charge < -0.3 is 9.80 Å². The van der Waals surface area contributed by atoms with Crippen molar-refractivity contribution in [3.63, 3.8) is 0 Å². The van der Waals surface area contributed by atoms with Gasteiger partial charge in [0.2, 0.25) is 0 Å². The predicted octanol–water partition coefficient (Wildman–Crippen LogP) is 2.58. The van der Waals surface area contributed by atoms with Gasteiger partial charge in [-0.15, -0.1) is 0 Å². The summed E-state index contributed by atoms with van der Waals surface area (Å²) in [5.74, 6) is -0.0514. The molecule has 0 radical (unpaired) electrons. The van der Waals surface area contributed by atoms with Gasteiger partial charge in [0.1, 0.15) is 0 Å². The highest BCUT2D eigenvalue weighted by Gasteiger charge is 2.21. The van der Waals surface area contributed by atoms with Gasteiger partial charge in [0.25, 0.3) is 11.8 Å². The lowest BCUT2D eigenvalue weighted by Gasteiger charge is -2.22. The van der Waals surface area contributed by atoms with Crippen LogP contribution in [0.3, 0.4) is 0 Å². The molecule has 1 fully saturated rings. The van der Waals surface area contributed by atoms with Crippen LogP contribution in [0.25, 0.3) is 0 Å². The first-order valence-electron chi connectivity index (χ1n) is 8.21. The van der Waals surface area contributed by atoms with Crippen molar-refractivity contribution in [1.82, 2.24) is 14.8 Å². The van der Waals surface area contributed by atoms with Gasteiger partial charge >= 0.3 is 0 Å². The summed E-state index contributed by atoms with van der Waals surface area (Å²) in [4.78, 5) is 32.8. The van der Waals surface area contributed by atoms with Crippen LogP contribution in [0.1, 0.15) is 60.2 Å². The molecule has 5 heteroatoms. The zero-order valence-corrected chi connectivity index (χ0v) is 13.5. The smallest absolute Gasteiger partial charge is 0.255 e. The van der Waals surface area contributed by atoms with Gasteiger partial charge in [0.15, 0.2) is 0 Å². The number of hydrogen-bond donors (Lipinski definition) is 0. The zero-order valence-electron chi connectivity index (χ0n) is 13.5. The standard InChI is InChI=1S/C17H25N3O2/c1-3-7-19(8-4-2)16(21)14-11-15(13-18-12-14)17(22)20-9-5-6-10-20/h11-13H,3-10H2,1-2H3. The summed E-state index contributed by atoms with van der Waals surface area (Å²) in [6.45, 7) is 7.18. The molecule has 0 spiro atoms. The Bertz CT molecular complexity index is 518. The number of rotatable bonds is 6. The van der Waals surface area contributed by atoms with Crippen LogP contribution in [0, 0.1) is 0 Å². The van der Waals surface area contributed by atoms with Crippen LogP contribution in [0.2, 0.25) is 0 Å². The molecule has 2 rings (SSSR count). The van der Waals surface area contributed by atoms with Gasteiger partial charge in [-0.3, -0.25) is 14.6 Å². The van der Waals surface area contributed by atoms with Crippen LogP contribution in [-0.4, -0.2) is 52.8 Å². The van der Waals surface area contributed by atoms with Crippen LogP contribution >= 0.6 is 0 Å². The van der Waals surface area contributed by atoms with Crippen molar-refractivity contribution in [2.24, 2.45) is 0 Å². The number of carbonyl (C=O) groups excluding carboxylic acids is 2. The summed E-state index contributed by atoms with van der Waals surface area (Å²) in [6, 6.07) is 1.69. The summed E-state index contributed by atoms with van der Waals surface area (Å²) < 4.78 is 0. The summed E-state index contributed by atoms with van der Waals surface area (Å²) in [5, 5.41) is 0. The second-order valence-corrected chi connectivity index (χ2v) is 5.75. The van der Waals surface area contributed by atoms with E-state index in [4.69, 9.17) is 0 Å². The number of nitrogens with zero attached hydrogens (tertiary/aromatic N) is 3. The van der Waals surface area contributed by atoms with Crippen molar-refractivity contribution >= 4 is 11.8 Å². The second-order valence-electron chi connectivity index (χ2n) is 5.75. The van der Waals surface area contributed by atoms with Gasteiger partial charge in [-0.25, -0.2) is 0 Å². The van der Waals surface area contributed by atoms with Gasteiger partial charge in [0, 0.05) is 38.6 Å². The van der Waals surface area contributed by atoms with Gasteiger partial charge in [0.05, 0.1) is 11.1 Å². The Hall–Kier alpha value is -1.91.